The van der Waals surface area contributed by atoms with E-state index < -0.39 is 0 Å². The largest absolute Gasteiger partial charge is 0.495 e. The molecule has 3 aromatic rings. The van der Waals surface area contributed by atoms with E-state index in [0.717, 1.165) is 35.4 Å². The molecule has 0 saturated carbocycles. The van der Waals surface area contributed by atoms with E-state index in [-0.39, 0.29) is 12.5 Å². The summed E-state index contributed by atoms with van der Waals surface area (Å²) in [5.41, 5.74) is 2.90. The number of amides is 1. The van der Waals surface area contributed by atoms with Crippen molar-refractivity contribution >= 4 is 34.2 Å². The van der Waals surface area contributed by atoms with Crippen molar-refractivity contribution in [3.8, 4) is 5.75 Å². The van der Waals surface area contributed by atoms with Crippen LogP contribution >= 0.6 is 11.6 Å². The number of methoxy groups -OCH3 is 1. The summed E-state index contributed by atoms with van der Waals surface area (Å²) in [5.74, 6) is 0.715. The Kier molecular flexibility index (Phi) is 5.09. The van der Waals surface area contributed by atoms with Crippen molar-refractivity contribution in [2.75, 3.05) is 38.2 Å². The molecule has 4 rings (SSSR count). The minimum atomic E-state index is 0.0571. The summed E-state index contributed by atoms with van der Waals surface area (Å²) in [6, 6.07) is 7.70. The van der Waals surface area contributed by atoms with E-state index in [2.05, 4.69) is 15.0 Å². The van der Waals surface area contributed by atoms with E-state index >= 15 is 0 Å². The summed E-state index contributed by atoms with van der Waals surface area (Å²) in [6.07, 6.45) is 3.52. The highest BCUT2D eigenvalue weighted by atomic mass is 35.5. The Labute approximate surface area is 168 Å². The first kappa shape index (κ1) is 18.6. The zero-order valence-corrected chi connectivity index (χ0v) is 16.7. The van der Waals surface area contributed by atoms with Gasteiger partial charge in [0.05, 0.1) is 18.3 Å². The highest BCUT2D eigenvalue weighted by Crippen LogP contribution is 2.29. The predicted molar refractivity (Wildman–Crippen MR) is 109 cm³/mol. The number of rotatable bonds is 4. The standard InChI is InChI=1S/C20H22ClN5O2/c1-14-5-6-22-20-16(14)12-23-26(20)13-19(27)25-9-7-24(8-10-25)15-3-4-17(21)18(11-15)28-2/h3-6,11-12H,7-10,13H2,1-2H3. The Balaban J connectivity index is 1.40. The Morgan fingerprint density at radius 1 is 1.21 bits per heavy atom. The lowest BCUT2D eigenvalue weighted by Gasteiger charge is -2.36. The minimum Gasteiger partial charge on any atom is -0.495 e. The zero-order valence-electron chi connectivity index (χ0n) is 15.9. The quantitative estimate of drug-likeness (QED) is 0.675. The van der Waals surface area contributed by atoms with Gasteiger partial charge in [-0.25, -0.2) is 9.67 Å². The second-order valence-corrected chi connectivity index (χ2v) is 7.26. The van der Waals surface area contributed by atoms with Crippen LogP contribution in [0, 0.1) is 6.92 Å². The fourth-order valence-corrected chi connectivity index (χ4v) is 3.70. The number of hydrogen-bond donors (Lipinski definition) is 0. The fourth-order valence-electron chi connectivity index (χ4n) is 3.51. The van der Waals surface area contributed by atoms with Crippen molar-refractivity contribution in [2.45, 2.75) is 13.5 Å². The first-order valence-electron chi connectivity index (χ1n) is 9.20. The first-order chi connectivity index (χ1) is 13.6. The molecular formula is C20H22ClN5O2. The van der Waals surface area contributed by atoms with E-state index in [9.17, 15) is 4.79 Å². The number of piperazine rings is 1. The molecule has 1 amide bonds. The van der Waals surface area contributed by atoms with Crippen molar-refractivity contribution in [3.05, 3.63) is 47.2 Å². The Morgan fingerprint density at radius 2 is 2.00 bits per heavy atom. The lowest BCUT2D eigenvalue weighted by atomic mass is 10.2. The van der Waals surface area contributed by atoms with Gasteiger partial charge in [-0.15, -0.1) is 0 Å². The van der Waals surface area contributed by atoms with Crippen LogP contribution in [-0.4, -0.2) is 58.9 Å². The van der Waals surface area contributed by atoms with Crippen molar-refractivity contribution in [2.24, 2.45) is 0 Å². The Bertz CT molecular complexity index is 1010. The van der Waals surface area contributed by atoms with Crippen molar-refractivity contribution < 1.29 is 9.53 Å². The predicted octanol–water partition coefficient (Wildman–Crippen LogP) is 2.75. The van der Waals surface area contributed by atoms with Crippen LogP contribution in [0.1, 0.15) is 5.56 Å². The molecule has 2 aromatic heterocycles. The highest BCUT2D eigenvalue weighted by molar-refractivity contribution is 6.32. The Morgan fingerprint density at radius 3 is 2.75 bits per heavy atom. The number of aromatic nitrogens is 3. The van der Waals surface area contributed by atoms with E-state index in [4.69, 9.17) is 16.3 Å². The number of aryl methyl sites for hydroxylation is 1. The van der Waals surface area contributed by atoms with Crippen LogP contribution in [0.2, 0.25) is 5.02 Å². The van der Waals surface area contributed by atoms with Crippen molar-refractivity contribution in [3.63, 3.8) is 0 Å². The molecule has 0 aliphatic carbocycles. The smallest absolute Gasteiger partial charge is 0.244 e. The van der Waals surface area contributed by atoms with Gasteiger partial charge in [0.2, 0.25) is 5.91 Å². The van der Waals surface area contributed by atoms with Gasteiger partial charge in [-0.3, -0.25) is 4.79 Å². The van der Waals surface area contributed by atoms with Crippen LogP contribution in [0.5, 0.6) is 5.75 Å². The third-order valence-electron chi connectivity index (χ3n) is 5.18. The molecule has 1 aromatic carbocycles. The normalized spacial score (nSPS) is 14.5. The highest BCUT2D eigenvalue weighted by Gasteiger charge is 2.23. The number of benzene rings is 1. The van der Waals surface area contributed by atoms with E-state index in [1.807, 2.05) is 36.1 Å². The van der Waals surface area contributed by atoms with Crippen LogP contribution < -0.4 is 9.64 Å². The average Bonchev–Trinajstić information content (AvgIpc) is 3.13. The summed E-state index contributed by atoms with van der Waals surface area (Å²) in [4.78, 5) is 21.3. The fraction of sp³-hybridized carbons (Fsp3) is 0.350. The number of anilines is 1. The number of fused-ring (bicyclic) bond motifs is 1. The monoisotopic (exact) mass is 399 g/mol. The number of nitrogens with zero attached hydrogens (tertiary/aromatic N) is 5. The van der Waals surface area contributed by atoms with Gasteiger partial charge in [0.1, 0.15) is 12.3 Å². The van der Waals surface area contributed by atoms with Crippen LogP contribution in [0.4, 0.5) is 5.69 Å². The maximum absolute atomic E-state index is 12.8. The summed E-state index contributed by atoms with van der Waals surface area (Å²) >= 11 is 6.11. The summed E-state index contributed by atoms with van der Waals surface area (Å²) in [5, 5.41) is 5.93. The maximum atomic E-state index is 12.8. The first-order valence-corrected chi connectivity index (χ1v) is 9.58. The molecule has 0 unspecified atom stereocenters. The molecule has 0 N–H and O–H groups in total. The molecule has 1 fully saturated rings. The van der Waals surface area contributed by atoms with Gasteiger partial charge in [0.25, 0.3) is 0 Å². The maximum Gasteiger partial charge on any atom is 0.244 e. The van der Waals surface area contributed by atoms with Crippen LogP contribution in [0.25, 0.3) is 11.0 Å². The molecule has 7 nitrogen and oxygen atoms in total. The number of ether oxygens (including phenoxy) is 1. The van der Waals surface area contributed by atoms with Gasteiger partial charge < -0.3 is 14.5 Å². The molecule has 0 bridgehead atoms. The van der Waals surface area contributed by atoms with E-state index in [1.54, 1.807) is 24.2 Å². The molecule has 28 heavy (non-hydrogen) atoms. The SMILES string of the molecule is COc1cc(N2CCN(C(=O)Cn3ncc4c(C)ccnc43)CC2)ccc1Cl. The van der Waals surface area contributed by atoms with Gasteiger partial charge in [0.15, 0.2) is 5.65 Å². The Hall–Kier alpha value is -2.80. The average molecular weight is 400 g/mol. The molecule has 1 aliphatic rings. The number of hydrogen-bond acceptors (Lipinski definition) is 5. The van der Waals surface area contributed by atoms with E-state index in [1.165, 1.54) is 0 Å². The summed E-state index contributed by atoms with van der Waals surface area (Å²) in [6.45, 7) is 5.06. The molecule has 0 atom stereocenters. The van der Waals surface area contributed by atoms with Crippen LogP contribution in [-0.2, 0) is 11.3 Å². The third-order valence-corrected chi connectivity index (χ3v) is 5.49. The molecule has 0 spiro atoms. The van der Waals surface area contributed by atoms with E-state index in [0.29, 0.717) is 23.9 Å². The lowest BCUT2D eigenvalue weighted by Crippen LogP contribution is -2.49. The molecule has 1 aliphatic heterocycles. The molecule has 0 radical (unpaired) electrons. The molecule has 1 saturated heterocycles. The third kappa shape index (κ3) is 3.49. The van der Waals surface area contributed by atoms with Gasteiger partial charge >= 0.3 is 0 Å². The minimum absolute atomic E-state index is 0.0571. The topological polar surface area (TPSA) is 63.5 Å². The molecule has 3 heterocycles. The van der Waals surface area contributed by atoms with Crippen molar-refractivity contribution in [1.29, 1.82) is 0 Å². The second kappa shape index (κ2) is 7.67. The number of pyridine rings is 1. The summed E-state index contributed by atoms with van der Waals surface area (Å²) < 4.78 is 6.98. The molecule has 146 valence electrons. The molecule has 8 heteroatoms. The number of carbonyl (C=O) groups is 1. The molecular weight excluding hydrogens is 378 g/mol. The van der Waals surface area contributed by atoms with Gasteiger partial charge in [-0.2, -0.15) is 5.10 Å². The van der Waals surface area contributed by atoms with Crippen LogP contribution in [0.15, 0.2) is 36.7 Å². The zero-order chi connectivity index (χ0) is 19.7. The number of halogens is 1. The van der Waals surface area contributed by atoms with Crippen molar-refractivity contribution in [1.82, 2.24) is 19.7 Å². The van der Waals surface area contributed by atoms with Crippen LogP contribution in [0.3, 0.4) is 0 Å². The van der Waals surface area contributed by atoms with Gasteiger partial charge in [0, 0.05) is 49.5 Å². The summed E-state index contributed by atoms with van der Waals surface area (Å²) in [7, 11) is 1.61. The second-order valence-electron chi connectivity index (χ2n) is 6.85. The lowest BCUT2D eigenvalue weighted by molar-refractivity contribution is -0.132. The number of carbonyl (C=O) groups excluding carboxylic acids is 1. The van der Waals surface area contributed by atoms with Gasteiger partial charge in [-0.05, 0) is 30.7 Å². The van der Waals surface area contributed by atoms with Gasteiger partial charge in [-0.1, -0.05) is 11.6 Å².